The van der Waals surface area contributed by atoms with Crippen LogP contribution in [0.5, 0.6) is 28.7 Å². The van der Waals surface area contributed by atoms with Crippen LogP contribution in [-0.4, -0.2) is 47.5 Å². The molecule has 0 atom stereocenters. The van der Waals surface area contributed by atoms with Gasteiger partial charge in [0.2, 0.25) is 0 Å². The number of allylic oxidation sites excluding steroid dienone is 3. The van der Waals surface area contributed by atoms with E-state index < -0.39 is 11.9 Å². The number of esters is 2. The fraction of sp³-hybridized carbons (Fsp3) is 0.250. The molecule has 0 radical (unpaired) electrons. The van der Waals surface area contributed by atoms with Crippen LogP contribution in [0.3, 0.4) is 0 Å². The summed E-state index contributed by atoms with van der Waals surface area (Å²) in [5.74, 6) is 2.17. The molecule has 0 heterocycles. The first kappa shape index (κ1) is 43.6. The van der Waals surface area contributed by atoms with Crippen molar-refractivity contribution in [2.75, 3.05) is 35.5 Å². The van der Waals surface area contributed by atoms with Gasteiger partial charge in [0.05, 0.1) is 41.1 Å². The van der Waals surface area contributed by atoms with Crippen molar-refractivity contribution in [1.29, 1.82) is 0 Å². The molecule has 0 saturated heterocycles. The fourth-order valence-electron chi connectivity index (χ4n) is 9.18. The van der Waals surface area contributed by atoms with E-state index in [-0.39, 0.29) is 11.3 Å². The van der Waals surface area contributed by atoms with Gasteiger partial charge in [-0.2, -0.15) is 0 Å². The molecule has 0 saturated carbocycles. The summed E-state index contributed by atoms with van der Waals surface area (Å²) < 4.78 is 33.3. The van der Waals surface area contributed by atoms with E-state index in [0.717, 1.165) is 95.8 Å². The van der Waals surface area contributed by atoms with Gasteiger partial charge in [0.15, 0.2) is 0 Å². The van der Waals surface area contributed by atoms with Crippen LogP contribution in [0.4, 0.5) is 0 Å². The maximum atomic E-state index is 13.8. The smallest absolute Gasteiger partial charge is 0.343 e. The number of carbonyl (C=O) groups is 2. The van der Waals surface area contributed by atoms with Gasteiger partial charge < -0.3 is 28.4 Å². The standard InChI is InChI=1S/C56H54O8/c1-35-39(19-20-41-10-8-12-43-22-24-46(53(41)43)28-38-31-49(61-4)34-50(32-38)62-5)25-26-51(56(58)63-6)54(35)64-55(57)44-17-14-36(15-18-44)13-16-40-9-7-11-42-21-23-45(52(40)42)27-37-29-47(59-2)33-48(30-37)60-3/h7-12,14-15,17-18,23,25-26,28-34H,13,16,19-22,24,27H2,1-6H3/b46-28+. The van der Waals surface area contributed by atoms with Crippen LogP contribution >= 0.6 is 0 Å². The van der Waals surface area contributed by atoms with Crippen LogP contribution in [0.15, 0.2) is 115 Å². The number of aryl methyl sites for hydroxylation is 5. The van der Waals surface area contributed by atoms with E-state index in [0.29, 0.717) is 12.0 Å². The van der Waals surface area contributed by atoms with Crippen LogP contribution in [0.25, 0.3) is 17.2 Å². The van der Waals surface area contributed by atoms with E-state index >= 15 is 0 Å². The highest BCUT2D eigenvalue weighted by Crippen LogP contribution is 2.39. The normalized spacial score (nSPS) is 13.2. The molecule has 2 aliphatic carbocycles. The first-order chi connectivity index (χ1) is 31.2. The summed E-state index contributed by atoms with van der Waals surface area (Å²) in [6, 6.07) is 36.2. The van der Waals surface area contributed by atoms with Crippen molar-refractivity contribution in [1.82, 2.24) is 0 Å². The average molecular weight is 855 g/mol. The molecule has 0 N–H and O–H groups in total. The number of carbonyl (C=O) groups excluding carboxylic acids is 2. The van der Waals surface area contributed by atoms with Crippen LogP contribution in [0, 0.1) is 6.92 Å². The highest BCUT2D eigenvalue weighted by atomic mass is 16.5. The fourth-order valence-corrected chi connectivity index (χ4v) is 9.18. The minimum absolute atomic E-state index is 0.211. The summed E-state index contributed by atoms with van der Waals surface area (Å²) >= 11 is 0. The van der Waals surface area contributed by atoms with Gasteiger partial charge in [-0.3, -0.25) is 0 Å². The Morgan fingerprint density at radius 1 is 0.578 bits per heavy atom. The van der Waals surface area contributed by atoms with Gasteiger partial charge in [-0.1, -0.05) is 66.7 Å². The van der Waals surface area contributed by atoms with Crippen molar-refractivity contribution >= 4 is 29.2 Å². The predicted octanol–water partition coefficient (Wildman–Crippen LogP) is 11.3. The SMILES string of the molecule is COC(=O)c1ccc(CCc2cccc3c2/C(=C/c2cc(OC)cc(OC)c2)CC3)c(C)c1OC(=O)c1ccc(CCc2cccc3c2C(Cc2cc(OC)cc(OC)c2)=CC3)cc1. The Kier molecular flexibility index (Phi) is 13.3. The second-order valence-corrected chi connectivity index (χ2v) is 16.4. The van der Waals surface area contributed by atoms with Gasteiger partial charge in [0.1, 0.15) is 34.3 Å². The molecule has 0 aromatic heterocycles. The lowest BCUT2D eigenvalue weighted by molar-refractivity contribution is 0.0592. The van der Waals surface area contributed by atoms with Gasteiger partial charge in [0, 0.05) is 12.1 Å². The van der Waals surface area contributed by atoms with Crippen molar-refractivity contribution in [3.63, 3.8) is 0 Å². The lowest BCUT2D eigenvalue weighted by atomic mass is 9.91. The average Bonchev–Trinajstić information content (AvgIpc) is 3.94. The van der Waals surface area contributed by atoms with E-state index in [9.17, 15) is 9.59 Å². The van der Waals surface area contributed by atoms with Crippen molar-refractivity contribution in [2.24, 2.45) is 0 Å². The molecule has 8 heteroatoms. The summed E-state index contributed by atoms with van der Waals surface area (Å²) in [6.45, 7) is 1.90. The number of methoxy groups -OCH3 is 5. The molecule has 6 aromatic carbocycles. The topological polar surface area (TPSA) is 89.5 Å². The molecule has 64 heavy (non-hydrogen) atoms. The van der Waals surface area contributed by atoms with Gasteiger partial charge in [-0.25, -0.2) is 9.59 Å². The number of rotatable bonds is 16. The minimum Gasteiger partial charge on any atom is -0.497 e. The molecule has 326 valence electrons. The summed E-state index contributed by atoms with van der Waals surface area (Å²) in [5, 5.41) is 0. The molecular weight excluding hydrogens is 801 g/mol. The summed E-state index contributed by atoms with van der Waals surface area (Å²) in [4.78, 5) is 26.8. The Labute approximate surface area is 376 Å². The van der Waals surface area contributed by atoms with Crippen molar-refractivity contribution in [3.05, 3.63) is 188 Å². The van der Waals surface area contributed by atoms with E-state index in [4.69, 9.17) is 28.4 Å². The molecule has 0 amide bonds. The van der Waals surface area contributed by atoms with Gasteiger partial charge in [-0.05, 0) is 173 Å². The molecule has 8 rings (SSSR count). The molecule has 0 unspecified atom stereocenters. The zero-order chi connectivity index (χ0) is 44.7. The van der Waals surface area contributed by atoms with E-state index in [1.807, 2.05) is 49.4 Å². The highest BCUT2D eigenvalue weighted by Gasteiger charge is 2.24. The van der Waals surface area contributed by atoms with Crippen LogP contribution < -0.4 is 23.7 Å². The van der Waals surface area contributed by atoms with E-state index in [2.05, 4.69) is 60.7 Å². The van der Waals surface area contributed by atoms with Crippen LogP contribution in [0.2, 0.25) is 0 Å². The number of hydrogen-bond acceptors (Lipinski definition) is 8. The second kappa shape index (κ2) is 19.5. The third-order valence-electron chi connectivity index (χ3n) is 12.5. The second-order valence-electron chi connectivity index (χ2n) is 16.4. The molecule has 8 nitrogen and oxygen atoms in total. The van der Waals surface area contributed by atoms with Gasteiger partial charge >= 0.3 is 11.9 Å². The molecule has 0 aliphatic heterocycles. The zero-order valence-electron chi connectivity index (χ0n) is 37.5. The Morgan fingerprint density at radius 3 is 1.84 bits per heavy atom. The summed E-state index contributed by atoms with van der Waals surface area (Å²) in [5.41, 5.74) is 16.0. The quantitative estimate of drug-likeness (QED) is 0.0702. The molecule has 0 spiro atoms. The monoisotopic (exact) mass is 854 g/mol. The lowest BCUT2D eigenvalue weighted by Crippen LogP contribution is -2.14. The number of hydrogen-bond donors (Lipinski definition) is 0. The van der Waals surface area contributed by atoms with E-state index in [1.165, 1.54) is 51.6 Å². The molecule has 6 aromatic rings. The van der Waals surface area contributed by atoms with Crippen molar-refractivity contribution in [2.45, 2.75) is 58.3 Å². The van der Waals surface area contributed by atoms with Crippen molar-refractivity contribution < 1.29 is 38.0 Å². The maximum Gasteiger partial charge on any atom is 0.343 e. The molecular formula is C56H54O8. The summed E-state index contributed by atoms with van der Waals surface area (Å²) in [7, 11) is 8.00. The zero-order valence-corrected chi connectivity index (χ0v) is 37.5. The third kappa shape index (κ3) is 9.47. The number of benzene rings is 6. The van der Waals surface area contributed by atoms with Gasteiger partial charge in [0.25, 0.3) is 0 Å². The Hall–Kier alpha value is -7.06. The number of ether oxygens (including phenoxy) is 6. The largest absolute Gasteiger partial charge is 0.497 e. The Morgan fingerprint density at radius 2 is 1.19 bits per heavy atom. The molecule has 2 aliphatic rings. The minimum atomic E-state index is -0.564. The third-order valence-corrected chi connectivity index (χ3v) is 12.5. The van der Waals surface area contributed by atoms with Crippen molar-refractivity contribution in [3.8, 4) is 28.7 Å². The Balaban J connectivity index is 0.960. The summed E-state index contributed by atoms with van der Waals surface area (Å²) in [6.07, 6.45) is 11.3. The molecule has 0 fully saturated rings. The predicted molar refractivity (Wildman–Crippen MR) is 252 cm³/mol. The van der Waals surface area contributed by atoms with E-state index in [1.54, 1.807) is 46.6 Å². The Bertz CT molecular complexity index is 2730. The van der Waals surface area contributed by atoms with Crippen LogP contribution in [-0.2, 0) is 49.7 Å². The highest BCUT2D eigenvalue weighted by molar-refractivity contribution is 5.97. The molecule has 0 bridgehead atoms. The first-order valence-corrected chi connectivity index (χ1v) is 21.8. The van der Waals surface area contributed by atoms with Gasteiger partial charge in [-0.15, -0.1) is 0 Å². The maximum absolute atomic E-state index is 13.8. The number of fused-ring (bicyclic) bond motifs is 2. The lowest BCUT2D eigenvalue weighted by Gasteiger charge is -2.16. The van der Waals surface area contributed by atoms with Crippen LogP contribution in [0.1, 0.15) is 88.3 Å². The first-order valence-electron chi connectivity index (χ1n) is 21.8.